The summed E-state index contributed by atoms with van der Waals surface area (Å²) in [7, 11) is 0. The Hall–Kier alpha value is -1.62. The molecule has 2 aromatic rings. The van der Waals surface area contributed by atoms with Crippen molar-refractivity contribution in [3.63, 3.8) is 0 Å². The average Bonchev–Trinajstić information content (AvgIpc) is 2.64. The van der Waals surface area contributed by atoms with Gasteiger partial charge in [-0.15, -0.1) is 0 Å². The number of aliphatic hydroxyl groups is 1. The topological polar surface area (TPSA) is 59.5 Å². The van der Waals surface area contributed by atoms with E-state index in [4.69, 9.17) is 0 Å². The molecule has 0 fully saturated rings. The number of nitrogens with zero attached hydrogens (tertiary/aromatic N) is 3. The summed E-state index contributed by atoms with van der Waals surface area (Å²) in [6, 6.07) is 1.68. The van der Waals surface area contributed by atoms with Gasteiger partial charge in [0, 0.05) is 18.9 Å². The molecule has 0 aliphatic rings. The fourth-order valence-corrected chi connectivity index (χ4v) is 1.53. The van der Waals surface area contributed by atoms with Crippen molar-refractivity contribution in [1.29, 1.82) is 0 Å². The van der Waals surface area contributed by atoms with Crippen LogP contribution in [0.2, 0.25) is 0 Å². The van der Waals surface area contributed by atoms with E-state index in [1.165, 1.54) is 0 Å². The molecule has 0 amide bonds. The first-order chi connectivity index (χ1) is 7.47. The third-order valence-corrected chi connectivity index (χ3v) is 2.50. The standard InChI is InChI=1S/C11H15N3O2/c1-11(2,16)4-6-13-7-8-14-9(10(13)15)3-5-12-14/h3,5,7-8,16H,4,6H2,1-2H3. The Kier molecular flexibility index (Phi) is 2.55. The highest BCUT2D eigenvalue weighted by Gasteiger charge is 2.13. The normalized spacial score (nSPS) is 12.2. The average molecular weight is 221 g/mol. The summed E-state index contributed by atoms with van der Waals surface area (Å²) in [5, 5.41) is 13.6. The second-order valence-electron chi connectivity index (χ2n) is 4.52. The molecule has 0 atom stereocenters. The molecule has 0 saturated carbocycles. The lowest BCUT2D eigenvalue weighted by Crippen LogP contribution is -2.27. The van der Waals surface area contributed by atoms with Crippen molar-refractivity contribution in [3.8, 4) is 0 Å². The maximum absolute atomic E-state index is 11.9. The van der Waals surface area contributed by atoms with Crippen LogP contribution < -0.4 is 5.56 Å². The molecule has 0 bridgehead atoms. The summed E-state index contributed by atoms with van der Waals surface area (Å²) in [6.45, 7) is 3.97. The maximum Gasteiger partial charge on any atom is 0.276 e. The van der Waals surface area contributed by atoms with Crippen LogP contribution in [0.15, 0.2) is 29.5 Å². The summed E-state index contributed by atoms with van der Waals surface area (Å²) in [5.41, 5.74) is -0.284. The summed E-state index contributed by atoms with van der Waals surface area (Å²) >= 11 is 0. The fourth-order valence-electron chi connectivity index (χ4n) is 1.53. The van der Waals surface area contributed by atoms with Gasteiger partial charge in [-0.25, -0.2) is 4.52 Å². The van der Waals surface area contributed by atoms with Crippen LogP contribution in [-0.2, 0) is 6.54 Å². The second-order valence-corrected chi connectivity index (χ2v) is 4.52. The molecular formula is C11H15N3O2. The predicted octanol–water partition coefficient (Wildman–Crippen LogP) is 0.657. The van der Waals surface area contributed by atoms with Gasteiger partial charge in [-0.05, 0) is 26.3 Å². The van der Waals surface area contributed by atoms with E-state index in [1.807, 2.05) is 0 Å². The molecule has 0 saturated heterocycles. The lowest BCUT2D eigenvalue weighted by molar-refractivity contribution is 0.0659. The van der Waals surface area contributed by atoms with Gasteiger partial charge in [0.1, 0.15) is 5.52 Å². The summed E-state index contributed by atoms with van der Waals surface area (Å²) in [5.74, 6) is 0. The number of aryl methyl sites for hydroxylation is 1. The molecule has 0 unspecified atom stereocenters. The highest BCUT2D eigenvalue weighted by atomic mass is 16.3. The molecule has 16 heavy (non-hydrogen) atoms. The summed E-state index contributed by atoms with van der Waals surface area (Å²) < 4.78 is 3.14. The van der Waals surface area contributed by atoms with Crippen LogP contribution in [0, 0.1) is 0 Å². The minimum atomic E-state index is -0.758. The van der Waals surface area contributed by atoms with Gasteiger partial charge < -0.3 is 9.67 Å². The highest BCUT2D eigenvalue weighted by Crippen LogP contribution is 2.08. The van der Waals surface area contributed by atoms with Crippen molar-refractivity contribution in [2.75, 3.05) is 0 Å². The third-order valence-electron chi connectivity index (χ3n) is 2.50. The highest BCUT2D eigenvalue weighted by molar-refractivity contribution is 5.42. The van der Waals surface area contributed by atoms with Crippen molar-refractivity contribution >= 4 is 5.52 Å². The van der Waals surface area contributed by atoms with Crippen LogP contribution in [-0.4, -0.2) is 24.9 Å². The molecule has 0 aromatic carbocycles. The fraction of sp³-hybridized carbons (Fsp3) is 0.455. The first kappa shape index (κ1) is 10.9. The van der Waals surface area contributed by atoms with E-state index in [-0.39, 0.29) is 5.56 Å². The van der Waals surface area contributed by atoms with Gasteiger partial charge in [0.05, 0.1) is 11.8 Å². The van der Waals surface area contributed by atoms with E-state index in [1.54, 1.807) is 47.6 Å². The Bertz CT molecular complexity index is 548. The van der Waals surface area contributed by atoms with Crippen LogP contribution in [0.4, 0.5) is 0 Å². The number of aromatic nitrogens is 3. The molecule has 2 aromatic heterocycles. The van der Waals surface area contributed by atoms with Crippen LogP contribution in [0.1, 0.15) is 20.3 Å². The van der Waals surface area contributed by atoms with E-state index in [2.05, 4.69) is 5.10 Å². The van der Waals surface area contributed by atoms with E-state index in [0.717, 1.165) is 0 Å². The van der Waals surface area contributed by atoms with Crippen molar-refractivity contribution in [2.24, 2.45) is 0 Å². The van der Waals surface area contributed by atoms with E-state index in [0.29, 0.717) is 18.5 Å². The van der Waals surface area contributed by atoms with Gasteiger partial charge in [0.2, 0.25) is 0 Å². The Morgan fingerprint density at radius 1 is 1.44 bits per heavy atom. The van der Waals surface area contributed by atoms with Crippen LogP contribution >= 0.6 is 0 Å². The molecule has 0 aliphatic heterocycles. The molecule has 0 aliphatic carbocycles. The van der Waals surface area contributed by atoms with Crippen LogP contribution in [0.3, 0.4) is 0 Å². The van der Waals surface area contributed by atoms with Crippen molar-refractivity contribution in [3.05, 3.63) is 35.0 Å². The SMILES string of the molecule is CC(C)(O)CCn1ccn2nccc2c1=O. The molecule has 2 heterocycles. The molecule has 1 N–H and O–H groups in total. The molecule has 5 heteroatoms. The summed E-state index contributed by atoms with van der Waals surface area (Å²) in [4.78, 5) is 11.9. The molecule has 2 rings (SSSR count). The number of fused-ring (bicyclic) bond motifs is 1. The van der Waals surface area contributed by atoms with Crippen molar-refractivity contribution in [1.82, 2.24) is 14.2 Å². The molecular weight excluding hydrogens is 206 g/mol. The van der Waals surface area contributed by atoms with Gasteiger partial charge in [-0.1, -0.05) is 0 Å². The van der Waals surface area contributed by atoms with Crippen LogP contribution in [0.25, 0.3) is 5.52 Å². The largest absolute Gasteiger partial charge is 0.390 e. The van der Waals surface area contributed by atoms with E-state index < -0.39 is 5.60 Å². The Morgan fingerprint density at radius 3 is 2.88 bits per heavy atom. The quantitative estimate of drug-likeness (QED) is 0.828. The number of hydrogen-bond donors (Lipinski definition) is 1. The number of rotatable bonds is 3. The summed E-state index contributed by atoms with van der Waals surface area (Å²) in [6.07, 6.45) is 5.56. The molecule has 0 radical (unpaired) electrons. The minimum absolute atomic E-state index is 0.0794. The van der Waals surface area contributed by atoms with E-state index >= 15 is 0 Å². The Balaban J connectivity index is 2.31. The number of hydrogen-bond acceptors (Lipinski definition) is 3. The maximum atomic E-state index is 11.9. The first-order valence-corrected chi connectivity index (χ1v) is 5.22. The smallest absolute Gasteiger partial charge is 0.276 e. The molecule has 0 spiro atoms. The van der Waals surface area contributed by atoms with Crippen molar-refractivity contribution in [2.45, 2.75) is 32.4 Å². The zero-order chi connectivity index (χ0) is 11.8. The monoisotopic (exact) mass is 221 g/mol. The van der Waals surface area contributed by atoms with Crippen LogP contribution in [0.5, 0.6) is 0 Å². The molecule has 5 nitrogen and oxygen atoms in total. The lowest BCUT2D eigenvalue weighted by Gasteiger charge is -2.17. The van der Waals surface area contributed by atoms with Gasteiger partial charge >= 0.3 is 0 Å². The van der Waals surface area contributed by atoms with Gasteiger partial charge in [0.25, 0.3) is 5.56 Å². The van der Waals surface area contributed by atoms with Gasteiger partial charge in [-0.2, -0.15) is 5.10 Å². The van der Waals surface area contributed by atoms with Crippen molar-refractivity contribution < 1.29 is 5.11 Å². The van der Waals surface area contributed by atoms with E-state index in [9.17, 15) is 9.90 Å². The molecule has 86 valence electrons. The zero-order valence-electron chi connectivity index (χ0n) is 9.42. The minimum Gasteiger partial charge on any atom is -0.390 e. The van der Waals surface area contributed by atoms with Gasteiger partial charge in [-0.3, -0.25) is 4.79 Å². The first-order valence-electron chi connectivity index (χ1n) is 5.22. The third kappa shape index (κ3) is 2.14. The predicted molar refractivity (Wildman–Crippen MR) is 60.4 cm³/mol. The zero-order valence-corrected chi connectivity index (χ0v) is 9.42. The van der Waals surface area contributed by atoms with Gasteiger partial charge in [0.15, 0.2) is 0 Å². The Morgan fingerprint density at radius 2 is 2.19 bits per heavy atom. The lowest BCUT2D eigenvalue weighted by atomic mass is 10.1. The second kappa shape index (κ2) is 3.75. The Labute approximate surface area is 92.9 Å².